The summed E-state index contributed by atoms with van der Waals surface area (Å²) in [6.45, 7) is 0.740. The van der Waals surface area contributed by atoms with E-state index in [1.807, 2.05) is 12.1 Å². The smallest absolute Gasteiger partial charge is 0.101 e. The average molecular weight is 328 g/mol. The van der Waals surface area contributed by atoms with Crippen molar-refractivity contribution in [3.05, 3.63) is 49.6 Å². The third-order valence-electron chi connectivity index (χ3n) is 2.21. The number of hydrogen-bond donors (Lipinski definition) is 1. The van der Waals surface area contributed by atoms with Gasteiger partial charge in [-0.3, -0.25) is 0 Å². The van der Waals surface area contributed by atoms with E-state index in [0.29, 0.717) is 10.6 Å². The molecule has 0 bridgehead atoms. The lowest BCUT2D eigenvalue weighted by Crippen LogP contribution is -1.98. The van der Waals surface area contributed by atoms with Crippen LogP contribution in [0.4, 0.5) is 5.69 Å². The van der Waals surface area contributed by atoms with Crippen LogP contribution >= 0.6 is 38.9 Å². The molecule has 2 aromatic rings. The van der Waals surface area contributed by atoms with E-state index in [9.17, 15) is 0 Å². The van der Waals surface area contributed by atoms with E-state index in [1.165, 1.54) is 5.56 Å². The number of nitriles is 1. The molecule has 0 fully saturated rings. The second-order valence-corrected chi connectivity index (χ2v) is 6.12. The highest BCUT2D eigenvalue weighted by Crippen LogP contribution is 2.23. The molecule has 5 heteroatoms. The first-order chi connectivity index (χ1) is 8.19. The van der Waals surface area contributed by atoms with Crippen molar-refractivity contribution in [3.8, 4) is 6.07 Å². The van der Waals surface area contributed by atoms with Crippen LogP contribution in [0, 0.1) is 11.3 Å². The summed E-state index contributed by atoms with van der Waals surface area (Å²) in [6.07, 6.45) is 0. The predicted octanol–water partition coefficient (Wildman–Crippen LogP) is 4.65. The van der Waals surface area contributed by atoms with Crippen molar-refractivity contribution < 1.29 is 0 Å². The Labute approximate surface area is 117 Å². The first-order valence-corrected chi connectivity index (χ1v) is 6.90. The van der Waals surface area contributed by atoms with Crippen molar-refractivity contribution in [2.75, 3.05) is 5.32 Å². The van der Waals surface area contributed by atoms with Crippen LogP contribution in [-0.2, 0) is 6.54 Å². The zero-order valence-corrected chi connectivity index (χ0v) is 11.9. The average Bonchev–Trinajstić information content (AvgIpc) is 2.73. The molecule has 0 atom stereocenters. The van der Waals surface area contributed by atoms with Gasteiger partial charge in [-0.15, -0.1) is 11.3 Å². The van der Waals surface area contributed by atoms with Crippen molar-refractivity contribution in [2.45, 2.75) is 6.54 Å². The molecular weight excluding hydrogens is 320 g/mol. The molecule has 1 aromatic carbocycles. The maximum Gasteiger partial charge on any atom is 0.101 e. The Morgan fingerprint density at radius 2 is 2.24 bits per heavy atom. The number of nitrogens with zero attached hydrogens (tertiary/aromatic N) is 1. The minimum atomic E-state index is 0.476. The predicted molar refractivity (Wildman–Crippen MR) is 75.5 cm³/mol. The van der Waals surface area contributed by atoms with E-state index in [4.69, 9.17) is 16.9 Å². The van der Waals surface area contributed by atoms with Crippen molar-refractivity contribution in [3.63, 3.8) is 0 Å². The molecule has 0 aliphatic heterocycles. The lowest BCUT2D eigenvalue weighted by molar-refractivity contribution is 1.16. The van der Waals surface area contributed by atoms with Crippen LogP contribution in [0.2, 0.25) is 5.02 Å². The van der Waals surface area contributed by atoms with Crippen LogP contribution in [0.15, 0.2) is 33.4 Å². The number of anilines is 1. The van der Waals surface area contributed by atoms with Gasteiger partial charge in [0.1, 0.15) is 6.07 Å². The fourth-order valence-electron chi connectivity index (χ4n) is 1.36. The van der Waals surface area contributed by atoms with Gasteiger partial charge in [-0.05, 0) is 51.1 Å². The monoisotopic (exact) mass is 326 g/mol. The number of thiophene rings is 1. The second-order valence-electron chi connectivity index (χ2n) is 3.42. The van der Waals surface area contributed by atoms with Gasteiger partial charge in [0.2, 0.25) is 0 Å². The van der Waals surface area contributed by atoms with Gasteiger partial charge < -0.3 is 5.32 Å². The highest BCUT2D eigenvalue weighted by atomic mass is 79.9. The molecule has 0 saturated carbocycles. The quantitative estimate of drug-likeness (QED) is 0.891. The standard InChI is InChI=1S/C12H8BrClN2S/c13-12-3-8(7-17-12)6-16-10-2-1-9(5-15)11(14)4-10/h1-4,7,16H,6H2. The van der Waals surface area contributed by atoms with Gasteiger partial charge in [0.25, 0.3) is 0 Å². The molecule has 0 radical (unpaired) electrons. The Kier molecular flexibility index (Phi) is 4.06. The van der Waals surface area contributed by atoms with E-state index in [-0.39, 0.29) is 0 Å². The maximum absolute atomic E-state index is 8.76. The van der Waals surface area contributed by atoms with Gasteiger partial charge in [0.05, 0.1) is 14.4 Å². The maximum atomic E-state index is 8.76. The molecule has 0 aliphatic rings. The third kappa shape index (κ3) is 3.22. The molecule has 0 unspecified atom stereocenters. The summed E-state index contributed by atoms with van der Waals surface area (Å²) in [7, 11) is 0. The Morgan fingerprint density at radius 1 is 1.41 bits per heavy atom. The van der Waals surface area contributed by atoms with E-state index < -0.39 is 0 Å². The molecule has 0 spiro atoms. The summed E-state index contributed by atoms with van der Waals surface area (Å²) in [5.41, 5.74) is 2.62. The third-order valence-corrected chi connectivity index (χ3v) is 4.07. The van der Waals surface area contributed by atoms with Gasteiger partial charge in [-0.2, -0.15) is 5.26 Å². The van der Waals surface area contributed by atoms with Gasteiger partial charge in [0, 0.05) is 12.2 Å². The Hall–Kier alpha value is -1.02. The number of benzene rings is 1. The summed E-state index contributed by atoms with van der Waals surface area (Å²) in [5, 5.41) is 14.6. The second kappa shape index (κ2) is 5.54. The summed E-state index contributed by atoms with van der Waals surface area (Å²) in [6, 6.07) is 9.44. The zero-order valence-electron chi connectivity index (χ0n) is 8.71. The van der Waals surface area contributed by atoms with Gasteiger partial charge in [0.15, 0.2) is 0 Å². The van der Waals surface area contributed by atoms with Crippen molar-refractivity contribution in [1.29, 1.82) is 5.26 Å². The van der Waals surface area contributed by atoms with Crippen LogP contribution in [-0.4, -0.2) is 0 Å². The molecule has 1 aromatic heterocycles. The van der Waals surface area contributed by atoms with Crippen molar-refractivity contribution >= 4 is 44.6 Å². The molecule has 0 saturated heterocycles. The van der Waals surface area contributed by atoms with Crippen molar-refractivity contribution in [2.24, 2.45) is 0 Å². The summed E-state index contributed by atoms with van der Waals surface area (Å²) in [5.74, 6) is 0. The number of rotatable bonds is 3. The van der Waals surface area contributed by atoms with Crippen LogP contribution in [0.1, 0.15) is 11.1 Å². The highest BCUT2D eigenvalue weighted by molar-refractivity contribution is 9.11. The molecule has 17 heavy (non-hydrogen) atoms. The first-order valence-electron chi connectivity index (χ1n) is 4.85. The molecule has 0 aliphatic carbocycles. The molecule has 1 heterocycles. The summed E-state index contributed by atoms with van der Waals surface area (Å²) < 4.78 is 1.12. The van der Waals surface area contributed by atoms with Gasteiger partial charge in [-0.25, -0.2) is 0 Å². The molecule has 2 rings (SSSR count). The Morgan fingerprint density at radius 3 is 2.82 bits per heavy atom. The SMILES string of the molecule is N#Cc1ccc(NCc2csc(Br)c2)cc1Cl. The summed E-state index contributed by atoms with van der Waals surface area (Å²) >= 11 is 11.0. The fraction of sp³-hybridized carbons (Fsp3) is 0.0833. The first kappa shape index (κ1) is 12.4. The van der Waals surface area contributed by atoms with E-state index in [0.717, 1.165) is 16.0 Å². The van der Waals surface area contributed by atoms with E-state index in [2.05, 4.69) is 32.7 Å². The lowest BCUT2D eigenvalue weighted by atomic mass is 10.2. The van der Waals surface area contributed by atoms with Crippen LogP contribution in [0.25, 0.3) is 0 Å². The molecular formula is C12H8BrClN2S. The number of hydrogen-bond acceptors (Lipinski definition) is 3. The number of nitrogens with one attached hydrogen (secondary N) is 1. The van der Waals surface area contributed by atoms with E-state index in [1.54, 1.807) is 23.5 Å². The molecule has 2 nitrogen and oxygen atoms in total. The molecule has 0 amide bonds. The minimum absolute atomic E-state index is 0.476. The van der Waals surface area contributed by atoms with Gasteiger partial charge in [-0.1, -0.05) is 11.6 Å². The van der Waals surface area contributed by atoms with E-state index >= 15 is 0 Å². The van der Waals surface area contributed by atoms with Crippen LogP contribution in [0.5, 0.6) is 0 Å². The molecule has 1 N–H and O–H groups in total. The lowest BCUT2D eigenvalue weighted by Gasteiger charge is -2.05. The summed E-state index contributed by atoms with van der Waals surface area (Å²) in [4.78, 5) is 0. The topological polar surface area (TPSA) is 35.8 Å². The van der Waals surface area contributed by atoms with Crippen LogP contribution < -0.4 is 5.32 Å². The minimum Gasteiger partial charge on any atom is -0.381 e. The Balaban J connectivity index is 2.05. The Bertz CT molecular complexity index is 574. The molecule has 86 valence electrons. The van der Waals surface area contributed by atoms with Crippen LogP contribution in [0.3, 0.4) is 0 Å². The zero-order chi connectivity index (χ0) is 12.3. The number of halogens is 2. The fourth-order valence-corrected chi connectivity index (χ4v) is 2.79. The van der Waals surface area contributed by atoms with Crippen molar-refractivity contribution in [1.82, 2.24) is 0 Å². The largest absolute Gasteiger partial charge is 0.381 e. The highest BCUT2D eigenvalue weighted by Gasteiger charge is 2.01. The van der Waals surface area contributed by atoms with Gasteiger partial charge >= 0.3 is 0 Å². The normalized spacial score (nSPS) is 9.94.